The van der Waals surface area contributed by atoms with Crippen LogP contribution in [0, 0.1) is 0 Å². The Balaban J connectivity index is 1.92. The molecule has 1 aromatic carbocycles. The van der Waals surface area contributed by atoms with Crippen molar-refractivity contribution in [2.24, 2.45) is 0 Å². The molecular weight excluding hydrogens is 256 g/mol. The van der Waals surface area contributed by atoms with Crippen LogP contribution in [0.1, 0.15) is 31.7 Å². The van der Waals surface area contributed by atoms with Gasteiger partial charge in [0.2, 0.25) is 5.91 Å². The lowest BCUT2D eigenvalue weighted by Gasteiger charge is -2.31. The first-order valence-electron chi connectivity index (χ1n) is 6.81. The Hall–Kier alpha value is -1.16. The zero-order valence-corrected chi connectivity index (χ0v) is 12.5. The molecule has 0 saturated carbocycles. The van der Waals surface area contributed by atoms with Crippen LogP contribution in [0.2, 0.25) is 0 Å². The van der Waals surface area contributed by atoms with E-state index < -0.39 is 0 Å². The maximum atomic E-state index is 12.3. The molecule has 2 N–H and O–H groups in total. The molecule has 1 heterocycles. The maximum absolute atomic E-state index is 12.3. The fraction of sp³-hybridized carbons (Fsp3) is 0.533. The van der Waals surface area contributed by atoms with Crippen LogP contribution >= 0.6 is 11.8 Å². The molecule has 1 saturated heterocycles. The van der Waals surface area contributed by atoms with Gasteiger partial charge in [-0.15, -0.1) is 0 Å². The van der Waals surface area contributed by atoms with Gasteiger partial charge < -0.3 is 10.6 Å². The molecule has 2 unspecified atom stereocenters. The van der Waals surface area contributed by atoms with Gasteiger partial charge in [0.25, 0.3) is 0 Å². The summed E-state index contributed by atoms with van der Waals surface area (Å²) in [4.78, 5) is 14.3. The van der Waals surface area contributed by atoms with Gasteiger partial charge in [-0.05, 0) is 23.6 Å². The summed E-state index contributed by atoms with van der Waals surface area (Å²) < 4.78 is 0. The molecule has 4 heteroatoms. The first-order valence-corrected chi connectivity index (χ1v) is 7.86. The third-order valence-electron chi connectivity index (χ3n) is 3.58. The van der Waals surface area contributed by atoms with Gasteiger partial charge in [-0.25, -0.2) is 0 Å². The Labute approximate surface area is 119 Å². The molecule has 0 radical (unpaired) electrons. The van der Waals surface area contributed by atoms with Gasteiger partial charge in [-0.1, -0.05) is 26.0 Å². The molecule has 1 aliphatic rings. The van der Waals surface area contributed by atoms with E-state index in [1.165, 1.54) is 5.56 Å². The number of carbonyl (C=O) groups is 1. The summed E-state index contributed by atoms with van der Waals surface area (Å²) in [5.74, 6) is 1.58. The van der Waals surface area contributed by atoms with Gasteiger partial charge >= 0.3 is 0 Å². The van der Waals surface area contributed by atoms with Crippen molar-refractivity contribution in [3.63, 3.8) is 0 Å². The van der Waals surface area contributed by atoms with Gasteiger partial charge in [-0.2, -0.15) is 11.8 Å². The molecule has 104 valence electrons. The fourth-order valence-corrected chi connectivity index (χ4v) is 3.39. The van der Waals surface area contributed by atoms with Crippen LogP contribution in [-0.4, -0.2) is 34.9 Å². The number of benzene rings is 1. The molecule has 1 amide bonds. The summed E-state index contributed by atoms with van der Waals surface area (Å²) in [6, 6.07) is 7.83. The van der Waals surface area contributed by atoms with E-state index in [4.69, 9.17) is 5.73 Å². The second kappa shape index (κ2) is 6.33. The van der Waals surface area contributed by atoms with Crippen LogP contribution in [0.5, 0.6) is 0 Å². The SMILES string of the molecule is CC1CN(C(=O)CC(C)c2ccc(N)cc2)CCS1. The molecule has 19 heavy (non-hydrogen) atoms. The van der Waals surface area contributed by atoms with Crippen molar-refractivity contribution in [2.75, 3.05) is 24.6 Å². The number of carbonyl (C=O) groups excluding carboxylic acids is 1. The van der Waals surface area contributed by atoms with Crippen LogP contribution in [0.3, 0.4) is 0 Å². The predicted octanol–water partition coefficient (Wildman–Crippen LogP) is 2.73. The van der Waals surface area contributed by atoms with E-state index in [1.54, 1.807) is 0 Å². The lowest BCUT2D eigenvalue weighted by Crippen LogP contribution is -2.41. The number of thioether (sulfide) groups is 1. The molecule has 1 aromatic rings. The number of amides is 1. The molecular formula is C15H22N2OS. The fourth-order valence-electron chi connectivity index (χ4n) is 2.38. The van der Waals surface area contributed by atoms with Gasteiger partial charge in [-0.3, -0.25) is 4.79 Å². The number of hydrogen-bond donors (Lipinski definition) is 1. The number of rotatable bonds is 3. The second-order valence-electron chi connectivity index (χ2n) is 5.29. The molecule has 0 bridgehead atoms. The molecule has 1 aliphatic heterocycles. The highest BCUT2D eigenvalue weighted by molar-refractivity contribution is 7.99. The van der Waals surface area contributed by atoms with Crippen LogP contribution < -0.4 is 5.73 Å². The molecule has 2 atom stereocenters. The smallest absolute Gasteiger partial charge is 0.223 e. The maximum Gasteiger partial charge on any atom is 0.223 e. The van der Waals surface area contributed by atoms with Crippen molar-refractivity contribution < 1.29 is 4.79 Å². The van der Waals surface area contributed by atoms with Crippen LogP contribution in [0.25, 0.3) is 0 Å². The topological polar surface area (TPSA) is 46.3 Å². The third-order valence-corrected chi connectivity index (χ3v) is 4.72. The van der Waals surface area contributed by atoms with E-state index in [0.29, 0.717) is 11.7 Å². The number of nitrogen functional groups attached to an aromatic ring is 1. The second-order valence-corrected chi connectivity index (χ2v) is 6.84. The first kappa shape index (κ1) is 14.3. The first-order chi connectivity index (χ1) is 9.06. The third kappa shape index (κ3) is 3.90. The van der Waals surface area contributed by atoms with Gasteiger partial charge in [0.1, 0.15) is 0 Å². The minimum atomic E-state index is 0.248. The Morgan fingerprint density at radius 3 is 2.79 bits per heavy atom. The van der Waals surface area contributed by atoms with Gasteiger partial charge in [0.05, 0.1) is 0 Å². The molecule has 2 rings (SSSR count). The Bertz CT molecular complexity index is 432. The van der Waals surface area contributed by atoms with Crippen molar-refractivity contribution in [3.8, 4) is 0 Å². The summed E-state index contributed by atoms with van der Waals surface area (Å²) in [5, 5.41) is 0.560. The highest BCUT2D eigenvalue weighted by Gasteiger charge is 2.22. The molecule has 3 nitrogen and oxygen atoms in total. The number of nitrogens with zero attached hydrogens (tertiary/aromatic N) is 1. The van der Waals surface area contributed by atoms with Crippen molar-refractivity contribution >= 4 is 23.4 Å². The normalized spacial score (nSPS) is 21.2. The monoisotopic (exact) mass is 278 g/mol. The number of anilines is 1. The minimum absolute atomic E-state index is 0.248. The summed E-state index contributed by atoms with van der Waals surface area (Å²) in [6.07, 6.45) is 0.585. The van der Waals surface area contributed by atoms with Crippen LogP contribution in [0.4, 0.5) is 5.69 Å². The summed E-state index contributed by atoms with van der Waals surface area (Å²) in [7, 11) is 0. The van der Waals surface area contributed by atoms with E-state index in [-0.39, 0.29) is 11.8 Å². The van der Waals surface area contributed by atoms with Gasteiger partial charge in [0.15, 0.2) is 0 Å². The van der Waals surface area contributed by atoms with E-state index in [9.17, 15) is 4.79 Å². The van der Waals surface area contributed by atoms with Crippen LogP contribution in [-0.2, 0) is 4.79 Å². The van der Waals surface area contributed by atoms with Gasteiger partial charge in [0, 0.05) is 36.2 Å². The highest BCUT2D eigenvalue weighted by atomic mass is 32.2. The Morgan fingerprint density at radius 1 is 1.47 bits per heavy atom. The molecule has 0 aromatic heterocycles. The molecule has 0 aliphatic carbocycles. The van der Waals surface area contributed by atoms with E-state index in [0.717, 1.165) is 24.5 Å². The van der Waals surface area contributed by atoms with E-state index >= 15 is 0 Å². The zero-order valence-electron chi connectivity index (χ0n) is 11.6. The lowest BCUT2D eigenvalue weighted by molar-refractivity contribution is -0.131. The average molecular weight is 278 g/mol. The van der Waals surface area contributed by atoms with Crippen LogP contribution in [0.15, 0.2) is 24.3 Å². The largest absolute Gasteiger partial charge is 0.399 e. The summed E-state index contributed by atoms with van der Waals surface area (Å²) >= 11 is 1.95. The number of hydrogen-bond acceptors (Lipinski definition) is 3. The quantitative estimate of drug-likeness (QED) is 0.865. The van der Waals surface area contributed by atoms with Crippen molar-refractivity contribution in [2.45, 2.75) is 31.4 Å². The van der Waals surface area contributed by atoms with E-state index in [1.807, 2.05) is 40.9 Å². The Kier molecular flexibility index (Phi) is 4.75. The predicted molar refractivity (Wildman–Crippen MR) is 82.4 cm³/mol. The van der Waals surface area contributed by atoms with Crippen molar-refractivity contribution in [3.05, 3.63) is 29.8 Å². The standard InChI is InChI=1S/C15H22N2OS/c1-11(13-3-5-14(16)6-4-13)9-15(18)17-7-8-19-12(2)10-17/h3-6,11-12H,7-10,16H2,1-2H3. The minimum Gasteiger partial charge on any atom is -0.399 e. The summed E-state index contributed by atoms with van der Waals surface area (Å²) in [5.41, 5.74) is 7.63. The van der Waals surface area contributed by atoms with Crippen molar-refractivity contribution in [1.29, 1.82) is 0 Å². The molecule has 1 fully saturated rings. The summed E-state index contributed by atoms with van der Waals surface area (Å²) in [6.45, 7) is 6.07. The number of nitrogens with two attached hydrogens (primary N) is 1. The highest BCUT2D eigenvalue weighted by Crippen LogP contribution is 2.23. The zero-order chi connectivity index (χ0) is 13.8. The van der Waals surface area contributed by atoms with E-state index in [2.05, 4.69) is 13.8 Å². The average Bonchev–Trinajstić information content (AvgIpc) is 2.39. The lowest BCUT2D eigenvalue weighted by atomic mass is 9.97. The molecule has 0 spiro atoms. The Morgan fingerprint density at radius 2 is 2.16 bits per heavy atom. The van der Waals surface area contributed by atoms with Crippen molar-refractivity contribution in [1.82, 2.24) is 4.90 Å².